The van der Waals surface area contributed by atoms with Crippen molar-refractivity contribution >= 4 is 27.0 Å². The number of nitrogens with zero attached hydrogens (tertiary/aromatic N) is 4. The molecular formula is C19H22N4O5S. The van der Waals surface area contributed by atoms with Gasteiger partial charge in [0, 0.05) is 32.1 Å². The lowest BCUT2D eigenvalue weighted by molar-refractivity contribution is 0.150. The van der Waals surface area contributed by atoms with E-state index in [0.717, 1.165) is 4.09 Å². The van der Waals surface area contributed by atoms with Crippen LogP contribution < -0.4 is 0 Å². The maximum Gasteiger partial charge on any atom is 0.407 e. The molecule has 29 heavy (non-hydrogen) atoms. The van der Waals surface area contributed by atoms with Gasteiger partial charge in [-0.25, -0.2) is 4.79 Å². The molecule has 0 saturated carbocycles. The number of aromatic hydroxyl groups is 1. The molecule has 0 radical (unpaired) electrons. The fourth-order valence-electron chi connectivity index (χ4n) is 2.88. The molecule has 154 valence electrons. The predicted octanol–water partition coefficient (Wildman–Crippen LogP) is 2.02. The monoisotopic (exact) mass is 418 g/mol. The van der Waals surface area contributed by atoms with Gasteiger partial charge in [-0.3, -0.25) is 4.90 Å². The second-order valence-electron chi connectivity index (χ2n) is 6.75. The number of phenolic OH excluding ortho intramolecular Hbond substituents is 1. The van der Waals surface area contributed by atoms with E-state index in [-0.39, 0.29) is 23.7 Å². The van der Waals surface area contributed by atoms with Crippen molar-refractivity contribution in [2.24, 2.45) is 0 Å². The summed E-state index contributed by atoms with van der Waals surface area (Å²) in [4.78, 5) is 14.0. The Bertz CT molecular complexity index is 1130. The quantitative estimate of drug-likeness (QED) is 0.603. The molecule has 0 bridgehead atoms. The zero-order valence-corrected chi connectivity index (χ0v) is 16.9. The van der Waals surface area contributed by atoms with Gasteiger partial charge in [0.25, 0.3) is 10.0 Å². The second-order valence-corrected chi connectivity index (χ2v) is 8.52. The number of amides is 1. The largest absolute Gasteiger partial charge is 0.508 e. The molecule has 2 aromatic carbocycles. The van der Waals surface area contributed by atoms with Gasteiger partial charge in [0.15, 0.2) is 0 Å². The molecule has 9 nitrogen and oxygen atoms in total. The summed E-state index contributed by atoms with van der Waals surface area (Å²) in [5.74, 6) is 0.00340. The first-order chi connectivity index (χ1) is 13.7. The number of carbonyl (C=O) groups is 1. The molecule has 0 spiro atoms. The average Bonchev–Trinajstić information content (AvgIpc) is 3.05. The number of hydrogen-bond acceptors (Lipinski definition) is 6. The molecule has 0 atom stereocenters. The van der Waals surface area contributed by atoms with E-state index in [0.29, 0.717) is 23.1 Å². The Labute approximate surface area is 168 Å². The van der Waals surface area contributed by atoms with Crippen LogP contribution in [0.4, 0.5) is 4.79 Å². The third-order valence-corrected chi connectivity index (χ3v) is 6.14. The molecule has 10 heteroatoms. The molecule has 0 aliphatic rings. The molecular weight excluding hydrogens is 396 g/mol. The van der Waals surface area contributed by atoms with Gasteiger partial charge in [0.2, 0.25) is 0 Å². The predicted molar refractivity (Wildman–Crippen MR) is 107 cm³/mol. The number of benzene rings is 2. The third kappa shape index (κ3) is 4.33. The van der Waals surface area contributed by atoms with Crippen molar-refractivity contribution in [3.63, 3.8) is 0 Å². The van der Waals surface area contributed by atoms with Crippen molar-refractivity contribution in [1.29, 1.82) is 0 Å². The van der Waals surface area contributed by atoms with Crippen LogP contribution >= 0.6 is 0 Å². The summed E-state index contributed by atoms with van der Waals surface area (Å²) in [7, 11) is -0.647. The molecule has 0 fully saturated rings. The van der Waals surface area contributed by atoms with E-state index in [1.807, 2.05) is 4.90 Å². The van der Waals surface area contributed by atoms with Gasteiger partial charge in [-0.15, -0.1) is 0 Å². The van der Waals surface area contributed by atoms with E-state index < -0.39 is 16.1 Å². The number of likely N-dealkylation sites (N-methyl/N-ethyl adjacent to an activating group) is 2. The molecule has 1 heterocycles. The summed E-state index contributed by atoms with van der Waals surface area (Å²) in [6.07, 6.45) is -1.02. The second kappa shape index (κ2) is 8.10. The molecule has 3 aromatic rings. The zero-order chi connectivity index (χ0) is 21.2. The van der Waals surface area contributed by atoms with Crippen LogP contribution in [0.2, 0.25) is 0 Å². The lowest BCUT2D eigenvalue weighted by Crippen LogP contribution is -2.33. The maximum absolute atomic E-state index is 13.1. The van der Waals surface area contributed by atoms with Gasteiger partial charge in [0.1, 0.15) is 5.75 Å². The smallest absolute Gasteiger partial charge is 0.407 e. The minimum absolute atomic E-state index is 0.00340. The van der Waals surface area contributed by atoms with Gasteiger partial charge in [0.05, 0.1) is 16.1 Å². The number of carboxylic acid groups (broad SMARTS) is 1. The Morgan fingerprint density at radius 3 is 2.45 bits per heavy atom. The van der Waals surface area contributed by atoms with Crippen molar-refractivity contribution in [3.8, 4) is 5.75 Å². The number of hydrogen-bond donors (Lipinski definition) is 2. The molecule has 3 rings (SSSR count). The molecule has 1 aromatic heterocycles. The van der Waals surface area contributed by atoms with Crippen molar-refractivity contribution in [2.45, 2.75) is 11.4 Å². The molecule has 1 amide bonds. The fraction of sp³-hybridized carbons (Fsp3) is 0.263. The summed E-state index contributed by atoms with van der Waals surface area (Å²) in [5.41, 5.74) is 0.827. The SMILES string of the molecule is CN(CCN(C)C(=O)O)Cc1nn(S(=O)(=O)c2ccccc2)c2ccc(O)cc12. The summed E-state index contributed by atoms with van der Waals surface area (Å²) < 4.78 is 27.1. The van der Waals surface area contributed by atoms with Crippen molar-refractivity contribution in [1.82, 2.24) is 19.0 Å². The van der Waals surface area contributed by atoms with E-state index >= 15 is 0 Å². The first-order valence-corrected chi connectivity index (χ1v) is 10.3. The van der Waals surface area contributed by atoms with Crippen LogP contribution in [0.25, 0.3) is 10.9 Å². The number of aromatic nitrogens is 2. The summed E-state index contributed by atoms with van der Waals surface area (Å²) >= 11 is 0. The highest BCUT2D eigenvalue weighted by Gasteiger charge is 2.23. The van der Waals surface area contributed by atoms with Crippen LogP contribution in [0.15, 0.2) is 53.4 Å². The van der Waals surface area contributed by atoms with E-state index in [1.165, 1.54) is 42.3 Å². The van der Waals surface area contributed by atoms with Crippen LogP contribution in [-0.4, -0.2) is 70.9 Å². The van der Waals surface area contributed by atoms with Crippen LogP contribution in [0.1, 0.15) is 5.69 Å². The lowest BCUT2D eigenvalue weighted by Gasteiger charge is -2.19. The summed E-state index contributed by atoms with van der Waals surface area (Å²) in [6.45, 7) is 1.00. The van der Waals surface area contributed by atoms with E-state index in [2.05, 4.69) is 5.10 Å². The van der Waals surface area contributed by atoms with Crippen molar-refractivity contribution < 1.29 is 23.4 Å². The topological polar surface area (TPSA) is 116 Å². The molecule has 0 aliphatic carbocycles. The van der Waals surface area contributed by atoms with E-state index in [4.69, 9.17) is 5.11 Å². The zero-order valence-electron chi connectivity index (χ0n) is 16.1. The van der Waals surface area contributed by atoms with E-state index in [1.54, 1.807) is 25.2 Å². The minimum Gasteiger partial charge on any atom is -0.508 e. The molecule has 0 saturated heterocycles. The number of fused-ring (bicyclic) bond motifs is 1. The fourth-order valence-corrected chi connectivity index (χ4v) is 4.21. The maximum atomic E-state index is 13.1. The number of phenols is 1. The standard InChI is InChI=1S/C19H22N4O5S/c1-21(10-11-22(2)19(25)26)13-17-16-12-14(24)8-9-18(16)23(20-17)29(27,28)15-6-4-3-5-7-15/h3-9,12,24H,10-11,13H2,1-2H3,(H,25,26). The number of rotatable bonds is 7. The third-order valence-electron chi connectivity index (χ3n) is 4.54. The van der Waals surface area contributed by atoms with Gasteiger partial charge in [-0.05, 0) is 37.4 Å². The normalized spacial score (nSPS) is 11.8. The van der Waals surface area contributed by atoms with E-state index in [9.17, 15) is 18.3 Å². The van der Waals surface area contributed by atoms with Gasteiger partial charge >= 0.3 is 6.09 Å². The first-order valence-electron chi connectivity index (χ1n) is 8.84. The first kappa shape index (κ1) is 20.6. The highest BCUT2D eigenvalue weighted by molar-refractivity contribution is 7.90. The van der Waals surface area contributed by atoms with Crippen LogP contribution in [0, 0.1) is 0 Å². The Kier molecular flexibility index (Phi) is 5.76. The molecule has 0 unspecified atom stereocenters. The molecule has 0 aliphatic heterocycles. The average molecular weight is 418 g/mol. The summed E-state index contributed by atoms with van der Waals surface area (Å²) in [6, 6.07) is 12.4. The van der Waals surface area contributed by atoms with Crippen LogP contribution in [0.3, 0.4) is 0 Å². The Balaban J connectivity index is 1.97. The summed E-state index contributed by atoms with van der Waals surface area (Å²) in [5, 5.41) is 23.7. The van der Waals surface area contributed by atoms with Gasteiger partial charge in [-0.1, -0.05) is 18.2 Å². The van der Waals surface area contributed by atoms with Crippen molar-refractivity contribution in [3.05, 3.63) is 54.2 Å². The van der Waals surface area contributed by atoms with Crippen molar-refractivity contribution in [2.75, 3.05) is 27.2 Å². The molecule has 2 N–H and O–H groups in total. The Morgan fingerprint density at radius 1 is 1.10 bits per heavy atom. The highest BCUT2D eigenvalue weighted by atomic mass is 32.2. The van der Waals surface area contributed by atoms with Crippen LogP contribution in [0.5, 0.6) is 5.75 Å². The Hall–Kier alpha value is -3.11. The minimum atomic E-state index is -3.91. The highest BCUT2D eigenvalue weighted by Crippen LogP contribution is 2.27. The van der Waals surface area contributed by atoms with Gasteiger partial charge < -0.3 is 15.1 Å². The lowest BCUT2D eigenvalue weighted by atomic mass is 10.2. The van der Waals surface area contributed by atoms with Crippen LogP contribution in [-0.2, 0) is 16.6 Å². The van der Waals surface area contributed by atoms with Gasteiger partial charge in [-0.2, -0.15) is 17.6 Å². The Morgan fingerprint density at radius 2 is 1.79 bits per heavy atom.